The van der Waals surface area contributed by atoms with Gasteiger partial charge in [0.2, 0.25) is 0 Å². The maximum atomic E-state index is 13.3. The summed E-state index contributed by atoms with van der Waals surface area (Å²) in [5.41, 5.74) is 1.79. The Bertz CT molecular complexity index is 1510. The number of carbonyl (C=O) groups is 1. The molecule has 0 aliphatic carbocycles. The van der Waals surface area contributed by atoms with Crippen molar-refractivity contribution in [2.75, 3.05) is 62.0 Å². The molecular weight excluding hydrogens is 598 g/mol. The van der Waals surface area contributed by atoms with Gasteiger partial charge in [-0.1, -0.05) is 24.6 Å². The van der Waals surface area contributed by atoms with Gasteiger partial charge in [0.05, 0.1) is 10.6 Å². The smallest absolute Gasteiger partial charge is 0.262 e. The molecule has 2 N–H and O–H groups in total. The van der Waals surface area contributed by atoms with E-state index in [0.29, 0.717) is 29.3 Å². The zero-order valence-electron chi connectivity index (χ0n) is 27.3. The van der Waals surface area contributed by atoms with Gasteiger partial charge in [0.25, 0.3) is 15.9 Å². The third-order valence-corrected chi connectivity index (χ3v) is 10.5. The van der Waals surface area contributed by atoms with Crippen LogP contribution in [0, 0.1) is 0 Å². The van der Waals surface area contributed by atoms with Crippen LogP contribution in [0.25, 0.3) is 0 Å². The van der Waals surface area contributed by atoms with Gasteiger partial charge in [-0.2, -0.15) is 0 Å². The highest BCUT2D eigenvalue weighted by molar-refractivity contribution is 7.92. The molecule has 5 rings (SSSR count). The molecule has 0 spiro atoms. The Morgan fingerprint density at radius 2 is 1.61 bits per heavy atom. The number of anilines is 2. The molecule has 10 heteroatoms. The Balaban J connectivity index is 1.10. The molecule has 0 aromatic heterocycles. The van der Waals surface area contributed by atoms with Crippen molar-refractivity contribution >= 4 is 27.3 Å². The van der Waals surface area contributed by atoms with Crippen molar-refractivity contribution in [3.05, 3.63) is 78.4 Å². The van der Waals surface area contributed by atoms with Crippen LogP contribution < -0.4 is 19.7 Å². The first-order valence-corrected chi connectivity index (χ1v) is 18.3. The number of ether oxygens (including phenoxy) is 1. The number of para-hydroxylation sites is 2. The first kappa shape index (κ1) is 33.8. The molecule has 3 aromatic carbocycles. The average molecular weight is 648 g/mol. The number of benzene rings is 3. The molecule has 2 aliphatic rings. The molecule has 0 bridgehead atoms. The van der Waals surface area contributed by atoms with E-state index in [1.54, 1.807) is 36.4 Å². The van der Waals surface area contributed by atoms with Crippen molar-refractivity contribution in [1.82, 2.24) is 15.1 Å². The summed E-state index contributed by atoms with van der Waals surface area (Å²) in [6, 6.07) is 21.4. The van der Waals surface area contributed by atoms with Gasteiger partial charge in [-0.25, -0.2) is 8.42 Å². The average Bonchev–Trinajstić information content (AvgIpc) is 3.09. The Morgan fingerprint density at radius 1 is 0.891 bits per heavy atom. The van der Waals surface area contributed by atoms with Crippen LogP contribution in [-0.2, 0) is 10.0 Å². The number of carbonyl (C=O) groups excluding carboxylic acids is 1. The van der Waals surface area contributed by atoms with Crippen LogP contribution in [0.1, 0.15) is 62.7 Å². The summed E-state index contributed by atoms with van der Waals surface area (Å²) >= 11 is 0. The van der Waals surface area contributed by atoms with E-state index in [1.807, 2.05) is 24.3 Å². The number of hydrogen-bond donors (Lipinski definition) is 2. The lowest BCUT2D eigenvalue weighted by atomic mass is 10.00. The summed E-state index contributed by atoms with van der Waals surface area (Å²) in [5, 5.41) is 2.99. The van der Waals surface area contributed by atoms with Crippen LogP contribution in [0.5, 0.6) is 11.5 Å². The predicted octanol–water partition coefficient (Wildman–Crippen LogP) is 6.20. The number of piperidine rings is 2. The fraction of sp³-hybridized carbons (Fsp3) is 0.472. The van der Waals surface area contributed by atoms with Gasteiger partial charge in [0.1, 0.15) is 5.75 Å². The van der Waals surface area contributed by atoms with Gasteiger partial charge in [-0.3, -0.25) is 9.52 Å². The van der Waals surface area contributed by atoms with Crippen LogP contribution >= 0.6 is 0 Å². The van der Waals surface area contributed by atoms with E-state index in [9.17, 15) is 13.2 Å². The second-order valence-corrected chi connectivity index (χ2v) is 13.9. The van der Waals surface area contributed by atoms with Gasteiger partial charge >= 0.3 is 0 Å². The van der Waals surface area contributed by atoms with Crippen molar-refractivity contribution in [2.24, 2.45) is 0 Å². The van der Waals surface area contributed by atoms with E-state index in [0.717, 1.165) is 50.9 Å². The van der Waals surface area contributed by atoms with E-state index >= 15 is 0 Å². The Morgan fingerprint density at radius 3 is 2.33 bits per heavy atom. The van der Waals surface area contributed by atoms with Crippen LogP contribution in [0.3, 0.4) is 0 Å². The molecule has 0 radical (unpaired) electrons. The van der Waals surface area contributed by atoms with Gasteiger partial charge < -0.3 is 24.8 Å². The monoisotopic (exact) mass is 647 g/mol. The molecule has 2 aliphatic heterocycles. The van der Waals surface area contributed by atoms with Crippen LogP contribution in [-0.4, -0.2) is 82.5 Å². The highest BCUT2D eigenvalue weighted by Gasteiger charge is 2.25. The van der Waals surface area contributed by atoms with Crippen LogP contribution in [0.2, 0.25) is 0 Å². The van der Waals surface area contributed by atoms with Gasteiger partial charge in [-0.05, 0) is 127 Å². The number of likely N-dealkylation sites (tertiary alicyclic amines) is 2. The number of hydrogen-bond acceptors (Lipinski definition) is 7. The third-order valence-electron chi connectivity index (χ3n) is 9.13. The summed E-state index contributed by atoms with van der Waals surface area (Å²) in [6.07, 6.45) is 7.41. The normalized spacial score (nSPS) is 16.6. The van der Waals surface area contributed by atoms with Gasteiger partial charge in [-0.15, -0.1) is 0 Å². The topological polar surface area (TPSA) is 94.2 Å². The molecule has 2 heterocycles. The number of sulfonamides is 1. The maximum absolute atomic E-state index is 13.3. The number of rotatable bonds is 14. The lowest BCUT2D eigenvalue weighted by Crippen LogP contribution is -2.47. The second kappa shape index (κ2) is 16.3. The van der Waals surface area contributed by atoms with E-state index in [4.69, 9.17) is 4.74 Å². The van der Waals surface area contributed by atoms with Crippen molar-refractivity contribution in [3.63, 3.8) is 0 Å². The molecule has 46 heavy (non-hydrogen) atoms. The molecule has 248 valence electrons. The third kappa shape index (κ3) is 9.02. The summed E-state index contributed by atoms with van der Waals surface area (Å²) in [7, 11) is -3.92. The van der Waals surface area contributed by atoms with E-state index in [1.165, 1.54) is 57.3 Å². The Kier molecular flexibility index (Phi) is 12.0. The van der Waals surface area contributed by atoms with E-state index in [-0.39, 0.29) is 10.8 Å². The minimum absolute atomic E-state index is 0.0651. The van der Waals surface area contributed by atoms with Gasteiger partial charge in [0, 0.05) is 43.0 Å². The van der Waals surface area contributed by atoms with E-state index < -0.39 is 10.0 Å². The highest BCUT2D eigenvalue weighted by Crippen LogP contribution is 2.32. The first-order chi connectivity index (χ1) is 22.4. The quantitative estimate of drug-likeness (QED) is 0.202. The van der Waals surface area contributed by atoms with Gasteiger partial charge in [0.15, 0.2) is 5.75 Å². The fourth-order valence-electron chi connectivity index (χ4n) is 6.49. The molecule has 2 fully saturated rings. The SMILES string of the molecule is CCN(CC)c1cccc(Oc2ccccc2NS(=O)(=O)c2ccc(C(=O)NCCCN3CCC(N4CCCCC4)CC3)cc2)c1. The molecule has 1 amide bonds. The fourth-order valence-corrected chi connectivity index (χ4v) is 7.56. The van der Waals surface area contributed by atoms with Crippen molar-refractivity contribution in [1.29, 1.82) is 0 Å². The molecule has 0 unspecified atom stereocenters. The maximum Gasteiger partial charge on any atom is 0.262 e. The highest BCUT2D eigenvalue weighted by atomic mass is 32.2. The zero-order valence-corrected chi connectivity index (χ0v) is 28.1. The lowest BCUT2D eigenvalue weighted by Gasteiger charge is -2.40. The van der Waals surface area contributed by atoms with Crippen LogP contribution in [0.4, 0.5) is 11.4 Å². The Labute approximate surface area is 275 Å². The number of amides is 1. The summed E-state index contributed by atoms with van der Waals surface area (Å²) < 4.78 is 35.4. The number of nitrogens with one attached hydrogen (secondary N) is 2. The molecule has 0 saturated carbocycles. The summed E-state index contributed by atoms with van der Waals surface area (Å²) in [4.78, 5) is 20.2. The number of nitrogens with zero attached hydrogens (tertiary/aromatic N) is 3. The van der Waals surface area contributed by atoms with Crippen molar-refractivity contribution in [2.45, 2.75) is 63.3 Å². The molecule has 9 nitrogen and oxygen atoms in total. The zero-order chi connectivity index (χ0) is 32.4. The van der Waals surface area contributed by atoms with Crippen molar-refractivity contribution < 1.29 is 17.9 Å². The minimum atomic E-state index is -3.92. The van der Waals surface area contributed by atoms with Crippen molar-refractivity contribution in [3.8, 4) is 11.5 Å². The second-order valence-electron chi connectivity index (χ2n) is 12.2. The Hall–Kier alpha value is -3.60. The first-order valence-electron chi connectivity index (χ1n) is 16.9. The molecule has 0 atom stereocenters. The van der Waals surface area contributed by atoms with E-state index in [2.05, 4.69) is 38.6 Å². The summed E-state index contributed by atoms with van der Waals surface area (Å²) in [6.45, 7) is 12.3. The standard InChI is InChI=1S/C36H49N5O4S/c1-3-40(4-2)31-12-10-13-32(28-31)45-35-15-7-6-14-34(35)38-46(43,44)33-18-16-29(17-19-33)36(42)37-22-11-23-39-26-20-30(21-27-39)41-24-8-5-9-25-41/h6-7,10,12-19,28,30,38H,3-5,8-9,11,20-27H2,1-2H3,(H,37,42). The largest absolute Gasteiger partial charge is 0.455 e. The predicted molar refractivity (Wildman–Crippen MR) is 186 cm³/mol. The lowest BCUT2D eigenvalue weighted by molar-refractivity contribution is 0.0902. The molecule has 3 aromatic rings. The summed E-state index contributed by atoms with van der Waals surface area (Å²) in [5.74, 6) is 0.806. The minimum Gasteiger partial charge on any atom is -0.455 e. The molecule has 2 saturated heterocycles. The van der Waals surface area contributed by atoms with Crippen LogP contribution in [0.15, 0.2) is 77.7 Å². The molecular formula is C36H49N5O4S.